The molecule has 1 aromatic heterocycles. The van der Waals surface area contributed by atoms with Crippen molar-refractivity contribution < 1.29 is 18.1 Å². The van der Waals surface area contributed by atoms with E-state index in [1.54, 1.807) is 18.2 Å². The summed E-state index contributed by atoms with van der Waals surface area (Å²) < 4.78 is 97.5. The summed E-state index contributed by atoms with van der Waals surface area (Å²) in [6.45, 7) is 24.9. The van der Waals surface area contributed by atoms with Crippen molar-refractivity contribution in [2.45, 2.75) is 144 Å². The summed E-state index contributed by atoms with van der Waals surface area (Å²) in [6, 6.07) is 4.41. The SMILES string of the molecule is [2H]c1c([2H])c([2H])c(-c2ccc(-c3c([2H])c([2H])c([2H])c([2H])c3[2H])c(N(c3c([B]C(=C/C)/C=C4\CC(C)CCC4C)oc4cc5c(cc34)C(C)(C)CCC5(C)C)C3C=C(NC4=C/C=C/C(C)(C)CCC(C)(C)\C=C\4)C=CC3)c2)c([2H])c1[2H]. The van der Waals surface area contributed by atoms with Crippen molar-refractivity contribution in [3.63, 3.8) is 0 Å². The van der Waals surface area contributed by atoms with E-state index in [0.717, 1.165) is 60.8 Å². The Hall–Kier alpha value is -5.74. The molecule has 5 aromatic rings. The number of nitrogens with one attached hydrogen (secondary N) is 1. The summed E-state index contributed by atoms with van der Waals surface area (Å²) in [7, 11) is 2.10. The van der Waals surface area contributed by atoms with Crippen LogP contribution in [0.4, 0.5) is 11.4 Å². The predicted molar refractivity (Wildman–Crippen MR) is 302 cm³/mol. The van der Waals surface area contributed by atoms with Crippen molar-refractivity contribution in [1.29, 1.82) is 0 Å². The zero-order chi connectivity index (χ0) is 58.1. The lowest BCUT2D eigenvalue weighted by molar-refractivity contribution is 0.330. The van der Waals surface area contributed by atoms with Crippen molar-refractivity contribution >= 4 is 35.3 Å². The zero-order valence-electron chi connectivity index (χ0n) is 53.5. The zero-order valence-corrected chi connectivity index (χ0v) is 43.5. The third-order valence-corrected chi connectivity index (χ3v) is 15.6. The highest BCUT2D eigenvalue weighted by molar-refractivity contribution is 6.63. The van der Waals surface area contributed by atoms with Crippen LogP contribution in [0.1, 0.15) is 152 Å². The van der Waals surface area contributed by atoms with E-state index in [2.05, 4.69) is 160 Å². The Kier molecular flexibility index (Phi) is 10.8. The van der Waals surface area contributed by atoms with Crippen molar-refractivity contribution in [1.82, 2.24) is 5.32 Å². The summed E-state index contributed by atoms with van der Waals surface area (Å²) in [5.74, 6) is 0.947. The number of nitrogens with zero attached hydrogens (tertiary/aromatic N) is 1. The topological polar surface area (TPSA) is 28.4 Å². The molecule has 4 aliphatic carbocycles. The molecule has 4 heteroatoms. The maximum Gasteiger partial charge on any atom is 0.243 e. The van der Waals surface area contributed by atoms with Gasteiger partial charge in [-0.3, -0.25) is 0 Å². The van der Waals surface area contributed by atoms with Crippen molar-refractivity contribution in [2.75, 3.05) is 4.90 Å². The van der Waals surface area contributed by atoms with E-state index in [4.69, 9.17) is 12.6 Å². The molecule has 9 rings (SSSR count). The third-order valence-electron chi connectivity index (χ3n) is 15.6. The molecule has 70 heavy (non-hydrogen) atoms. The first-order valence-electron chi connectivity index (χ1n) is 30.7. The molecule has 1 N–H and O–H groups in total. The summed E-state index contributed by atoms with van der Waals surface area (Å²) >= 11 is 0. The number of hydrogen-bond donors (Lipinski definition) is 1. The average molecular weight is 936 g/mol. The van der Waals surface area contributed by atoms with Crippen LogP contribution < -0.4 is 15.9 Å². The van der Waals surface area contributed by atoms with Crippen LogP contribution in [0.3, 0.4) is 0 Å². The Morgan fingerprint density at radius 3 is 2.13 bits per heavy atom. The molecule has 0 amide bonds. The van der Waals surface area contributed by atoms with E-state index in [1.807, 2.05) is 6.92 Å². The highest BCUT2D eigenvalue weighted by Gasteiger charge is 2.39. The standard InChI is InChI=1S/C66H78BN2O/c1-12-51(40-50-39-45(2)28-29-46(50)3)67-62-61(56-43-57-58(44-60(56)70-62)66(10,11)38-37-65(57,8)9)69(59-41-49(47-21-15-13-16-22-47)30-31-55(59)48-23-17-14-18-24-48)54-27-19-25-53(42-54)68-52-26-20-33-63(4,5)35-36-64(6,7)34-32-52/h12-26,30-34,40-46,54,68H,27-29,35-39H2,1-11H3/b33-20+,34-32+,50-40+,51-12+,52-26+/i13D,14D,15D,16D,17D,18D,21D,22D,23D,24D. The molecular formula is C66H78BN2O. The van der Waals surface area contributed by atoms with E-state index < -0.39 is 54.4 Å². The lowest BCUT2D eigenvalue weighted by atomic mass is 9.62. The van der Waals surface area contributed by atoms with Crippen LogP contribution >= 0.6 is 0 Å². The number of fused-ring (bicyclic) bond motifs is 2. The van der Waals surface area contributed by atoms with Crippen molar-refractivity contribution in [3.8, 4) is 22.3 Å². The molecule has 0 bridgehead atoms. The van der Waals surface area contributed by atoms with Crippen LogP contribution in [-0.2, 0) is 10.8 Å². The molecule has 0 saturated heterocycles. The number of rotatable bonds is 10. The molecule has 361 valence electrons. The lowest BCUT2D eigenvalue weighted by Crippen LogP contribution is -2.36. The number of anilines is 2. The Labute approximate surface area is 436 Å². The summed E-state index contributed by atoms with van der Waals surface area (Å²) in [6.07, 6.45) is 29.3. The number of hydrogen-bond acceptors (Lipinski definition) is 3. The second-order valence-corrected chi connectivity index (χ2v) is 23.3. The summed E-state index contributed by atoms with van der Waals surface area (Å²) in [5.41, 5.74) is 8.76. The normalized spacial score (nSPS) is 27.0. The quantitative estimate of drug-likeness (QED) is 0.141. The molecular weight excluding hydrogens is 848 g/mol. The number of benzene rings is 4. The molecule has 1 fully saturated rings. The van der Waals surface area contributed by atoms with E-state index in [1.165, 1.54) is 23.1 Å². The van der Waals surface area contributed by atoms with Crippen LogP contribution in [0.25, 0.3) is 33.2 Å². The van der Waals surface area contributed by atoms with Gasteiger partial charge in [0.1, 0.15) is 5.58 Å². The molecule has 3 unspecified atom stereocenters. The first-order valence-corrected chi connectivity index (χ1v) is 25.7. The van der Waals surface area contributed by atoms with E-state index in [-0.39, 0.29) is 44.9 Å². The van der Waals surface area contributed by atoms with Gasteiger partial charge in [-0.2, -0.15) is 0 Å². The molecule has 4 aromatic carbocycles. The van der Waals surface area contributed by atoms with Gasteiger partial charge in [0.05, 0.1) is 36.8 Å². The molecule has 0 spiro atoms. The van der Waals surface area contributed by atoms with Gasteiger partial charge in [-0.15, -0.1) is 0 Å². The van der Waals surface area contributed by atoms with Gasteiger partial charge in [-0.25, -0.2) is 0 Å². The third kappa shape index (κ3) is 10.8. The Balaban J connectivity index is 1.40. The summed E-state index contributed by atoms with van der Waals surface area (Å²) in [5, 5.41) is 4.58. The summed E-state index contributed by atoms with van der Waals surface area (Å²) in [4.78, 5) is 2.15. The van der Waals surface area contributed by atoms with Crippen LogP contribution in [0.5, 0.6) is 0 Å². The van der Waals surface area contributed by atoms with Gasteiger partial charge in [-0.05, 0) is 162 Å². The largest absolute Gasteiger partial charge is 0.469 e. The van der Waals surface area contributed by atoms with Crippen LogP contribution in [-0.4, -0.2) is 13.3 Å². The fraction of sp³-hybridized carbons (Fsp3) is 0.394. The van der Waals surface area contributed by atoms with Gasteiger partial charge in [-0.1, -0.05) is 189 Å². The molecule has 1 radical (unpaired) electrons. The fourth-order valence-corrected chi connectivity index (χ4v) is 10.8. The van der Waals surface area contributed by atoms with Crippen LogP contribution in [0, 0.1) is 22.7 Å². The number of allylic oxidation sites excluding steroid dienone is 10. The van der Waals surface area contributed by atoms with Crippen molar-refractivity contribution in [2.24, 2.45) is 22.7 Å². The minimum Gasteiger partial charge on any atom is -0.469 e. The molecule has 1 saturated carbocycles. The molecule has 3 atom stereocenters. The monoisotopic (exact) mass is 936 g/mol. The smallest absolute Gasteiger partial charge is 0.243 e. The molecule has 0 aliphatic heterocycles. The predicted octanol–water partition coefficient (Wildman–Crippen LogP) is 17.5. The first-order chi connectivity index (χ1) is 37.5. The van der Waals surface area contributed by atoms with E-state index >= 15 is 0 Å². The van der Waals surface area contributed by atoms with Gasteiger partial charge >= 0.3 is 0 Å². The van der Waals surface area contributed by atoms with Gasteiger partial charge in [0, 0.05) is 22.3 Å². The van der Waals surface area contributed by atoms with Gasteiger partial charge in [0.25, 0.3) is 0 Å². The maximum absolute atomic E-state index is 9.50. The first kappa shape index (κ1) is 38.0. The second-order valence-electron chi connectivity index (χ2n) is 23.3. The average Bonchev–Trinajstić information content (AvgIpc) is 3.84. The van der Waals surface area contributed by atoms with Gasteiger partial charge in [0.2, 0.25) is 7.28 Å². The minimum atomic E-state index is -0.559. The lowest BCUT2D eigenvalue weighted by Gasteiger charge is -2.42. The van der Waals surface area contributed by atoms with E-state index in [0.29, 0.717) is 52.0 Å². The Morgan fingerprint density at radius 1 is 0.757 bits per heavy atom. The minimum absolute atomic E-state index is 0.00991. The highest BCUT2D eigenvalue weighted by Crippen LogP contribution is 2.50. The van der Waals surface area contributed by atoms with Crippen molar-refractivity contribution in [3.05, 3.63) is 185 Å². The molecule has 3 nitrogen and oxygen atoms in total. The Bertz CT molecular complexity index is 3470. The van der Waals surface area contributed by atoms with Crippen LogP contribution in [0.15, 0.2) is 178 Å². The Morgan fingerprint density at radius 2 is 1.43 bits per heavy atom. The van der Waals surface area contributed by atoms with Gasteiger partial charge < -0.3 is 14.6 Å². The molecule has 4 aliphatic rings. The maximum atomic E-state index is 9.50. The highest BCUT2D eigenvalue weighted by atomic mass is 16.3. The van der Waals surface area contributed by atoms with Crippen LogP contribution in [0.2, 0.25) is 0 Å². The fourth-order valence-electron chi connectivity index (χ4n) is 10.8. The van der Waals surface area contributed by atoms with Gasteiger partial charge in [0.15, 0.2) is 0 Å². The van der Waals surface area contributed by atoms with E-state index in [9.17, 15) is 5.48 Å². The molecule has 1 heterocycles. The second kappa shape index (κ2) is 19.8. The number of furan rings is 1.